The van der Waals surface area contributed by atoms with Gasteiger partial charge in [-0.2, -0.15) is 5.10 Å². The molecule has 2 aliphatic heterocycles. The Morgan fingerprint density at radius 2 is 2.38 bits per heavy atom. The van der Waals surface area contributed by atoms with E-state index in [1.165, 1.54) is 11.3 Å². The monoisotopic (exact) mass is 299 g/mol. The lowest BCUT2D eigenvalue weighted by Crippen LogP contribution is -2.29. The predicted octanol–water partition coefficient (Wildman–Crippen LogP) is 1.55. The van der Waals surface area contributed by atoms with Gasteiger partial charge >= 0.3 is 0 Å². The molecule has 3 aromatic heterocycles. The van der Waals surface area contributed by atoms with Crippen molar-refractivity contribution in [1.82, 2.24) is 25.1 Å². The van der Waals surface area contributed by atoms with E-state index in [9.17, 15) is 4.79 Å². The summed E-state index contributed by atoms with van der Waals surface area (Å²) in [4.78, 5) is 18.4. The van der Waals surface area contributed by atoms with Crippen molar-refractivity contribution >= 4 is 21.6 Å². The van der Waals surface area contributed by atoms with E-state index in [-0.39, 0.29) is 11.2 Å². The van der Waals surface area contributed by atoms with Crippen molar-refractivity contribution < 1.29 is 0 Å². The lowest BCUT2D eigenvalue weighted by Gasteiger charge is -2.02. The van der Waals surface area contributed by atoms with Crippen molar-refractivity contribution in [1.29, 1.82) is 0 Å². The summed E-state index contributed by atoms with van der Waals surface area (Å²) in [6.07, 6.45) is 3.86. The van der Waals surface area contributed by atoms with Crippen LogP contribution < -0.4 is 10.9 Å². The maximum absolute atomic E-state index is 12.7. The SMILES string of the molecule is Cc1[nH]ncc1-c1cc2nc3n(c(=O)c2s1)C31CCCN1. The average Bonchev–Trinajstić information content (AvgIpc) is 2.94. The Labute approximate surface area is 123 Å². The predicted molar refractivity (Wildman–Crippen MR) is 80.5 cm³/mol. The van der Waals surface area contributed by atoms with E-state index in [1.807, 2.05) is 17.6 Å². The largest absolute Gasteiger partial charge is 0.288 e. The van der Waals surface area contributed by atoms with Gasteiger partial charge in [0.05, 0.1) is 11.7 Å². The molecule has 6 nitrogen and oxygen atoms in total. The van der Waals surface area contributed by atoms with Crippen molar-refractivity contribution in [2.24, 2.45) is 0 Å². The maximum Gasteiger partial charge on any atom is 0.273 e. The number of H-pyrrole nitrogens is 1. The van der Waals surface area contributed by atoms with Gasteiger partial charge < -0.3 is 0 Å². The molecule has 1 saturated heterocycles. The van der Waals surface area contributed by atoms with Gasteiger partial charge in [-0.25, -0.2) is 4.98 Å². The Morgan fingerprint density at radius 3 is 3.10 bits per heavy atom. The van der Waals surface area contributed by atoms with Crippen LogP contribution in [0.1, 0.15) is 24.4 Å². The first-order valence-electron chi connectivity index (χ1n) is 7.04. The molecule has 0 bridgehead atoms. The van der Waals surface area contributed by atoms with Gasteiger partial charge in [-0.3, -0.25) is 19.8 Å². The highest BCUT2D eigenvalue weighted by atomic mass is 32.1. The van der Waals surface area contributed by atoms with Crippen LogP contribution in [-0.2, 0) is 5.66 Å². The highest BCUT2D eigenvalue weighted by Gasteiger charge is 2.55. The summed E-state index contributed by atoms with van der Waals surface area (Å²) in [6, 6.07) is 2.00. The van der Waals surface area contributed by atoms with E-state index in [2.05, 4.69) is 15.5 Å². The average molecular weight is 299 g/mol. The van der Waals surface area contributed by atoms with E-state index in [4.69, 9.17) is 4.98 Å². The van der Waals surface area contributed by atoms with Gasteiger partial charge in [-0.05, 0) is 32.4 Å². The molecular weight excluding hydrogens is 286 g/mol. The van der Waals surface area contributed by atoms with Crippen LogP contribution in [-0.4, -0.2) is 26.3 Å². The Hall–Kier alpha value is -1.99. The third kappa shape index (κ3) is 1.33. The van der Waals surface area contributed by atoms with Crippen LogP contribution in [0, 0.1) is 6.92 Å². The second kappa shape index (κ2) is 3.61. The van der Waals surface area contributed by atoms with Crippen molar-refractivity contribution in [3.05, 3.63) is 34.1 Å². The number of hydrogen-bond donors (Lipinski definition) is 2. The number of aryl methyl sites for hydroxylation is 1. The number of thiophene rings is 1. The summed E-state index contributed by atoms with van der Waals surface area (Å²) < 4.78 is 2.56. The third-order valence-electron chi connectivity index (χ3n) is 4.48. The molecule has 1 fully saturated rings. The summed E-state index contributed by atoms with van der Waals surface area (Å²) in [5.74, 6) is 0.894. The van der Waals surface area contributed by atoms with Gasteiger partial charge in [-0.1, -0.05) is 0 Å². The van der Waals surface area contributed by atoms with Crippen molar-refractivity contribution in [3.8, 4) is 10.4 Å². The summed E-state index contributed by atoms with van der Waals surface area (Å²) in [6.45, 7) is 2.93. The number of aromatic amines is 1. The quantitative estimate of drug-likeness (QED) is 0.715. The number of nitrogens with one attached hydrogen (secondary N) is 2. The molecule has 3 aromatic rings. The standard InChI is InChI=1S/C14H13N5OS/c1-7-8(6-16-18-7)10-5-9-11(21-10)12(20)19-13(17-9)14(19)3-2-4-15-14/h5-6,15H,2-4H2,1H3,(H,16,18). The van der Waals surface area contributed by atoms with E-state index in [1.54, 1.807) is 6.20 Å². The Bertz CT molecular complexity index is 944. The summed E-state index contributed by atoms with van der Waals surface area (Å²) in [5, 5.41) is 10.4. The van der Waals surface area contributed by atoms with E-state index < -0.39 is 0 Å². The zero-order chi connectivity index (χ0) is 14.2. The number of rotatable bonds is 1. The molecule has 2 aliphatic rings. The molecule has 0 amide bonds. The molecule has 5 rings (SSSR count). The molecule has 106 valence electrons. The third-order valence-corrected chi connectivity index (χ3v) is 5.62. The molecule has 0 saturated carbocycles. The molecule has 0 aliphatic carbocycles. The fourth-order valence-electron chi connectivity index (χ4n) is 3.36. The van der Waals surface area contributed by atoms with Crippen molar-refractivity contribution in [3.63, 3.8) is 0 Å². The minimum Gasteiger partial charge on any atom is -0.288 e. The van der Waals surface area contributed by atoms with Crippen LogP contribution in [0.15, 0.2) is 17.1 Å². The number of aromatic nitrogens is 4. The van der Waals surface area contributed by atoms with Crippen LogP contribution in [0.3, 0.4) is 0 Å². The molecule has 1 atom stereocenters. The van der Waals surface area contributed by atoms with Gasteiger partial charge in [0.2, 0.25) is 0 Å². The molecule has 21 heavy (non-hydrogen) atoms. The fraction of sp³-hybridized carbons (Fsp3) is 0.357. The van der Waals surface area contributed by atoms with Gasteiger partial charge in [0.15, 0.2) is 11.5 Å². The molecule has 0 radical (unpaired) electrons. The summed E-state index contributed by atoms with van der Waals surface area (Å²) >= 11 is 1.50. The second-order valence-electron chi connectivity index (χ2n) is 5.70. The highest BCUT2D eigenvalue weighted by Crippen LogP contribution is 2.44. The first-order valence-corrected chi connectivity index (χ1v) is 7.85. The molecule has 0 aromatic carbocycles. The smallest absolute Gasteiger partial charge is 0.273 e. The topological polar surface area (TPSA) is 75.6 Å². The van der Waals surface area contributed by atoms with Gasteiger partial charge in [0, 0.05) is 16.1 Å². The normalized spacial score (nSPS) is 23.1. The van der Waals surface area contributed by atoms with Crippen molar-refractivity contribution in [2.75, 3.05) is 6.54 Å². The van der Waals surface area contributed by atoms with Crippen LogP contribution in [0.25, 0.3) is 20.7 Å². The molecule has 1 unspecified atom stereocenters. The van der Waals surface area contributed by atoms with Gasteiger partial charge in [0.25, 0.3) is 5.56 Å². The molecule has 2 N–H and O–H groups in total. The Balaban J connectivity index is 1.72. The lowest BCUT2D eigenvalue weighted by molar-refractivity contribution is 0.480. The number of fused-ring (bicyclic) bond motifs is 4. The Morgan fingerprint density at radius 1 is 1.48 bits per heavy atom. The van der Waals surface area contributed by atoms with Crippen LogP contribution in [0.5, 0.6) is 0 Å². The molecular formula is C14H13N5OS. The van der Waals surface area contributed by atoms with Gasteiger partial charge in [0.1, 0.15) is 4.70 Å². The fourth-order valence-corrected chi connectivity index (χ4v) is 4.45. The Kier molecular flexibility index (Phi) is 2.00. The van der Waals surface area contributed by atoms with Crippen LogP contribution in [0.4, 0.5) is 0 Å². The van der Waals surface area contributed by atoms with Gasteiger partial charge in [-0.15, -0.1) is 11.3 Å². The first kappa shape index (κ1) is 11.6. The minimum absolute atomic E-state index is 0.0850. The summed E-state index contributed by atoms with van der Waals surface area (Å²) in [7, 11) is 0. The maximum atomic E-state index is 12.7. The second-order valence-corrected chi connectivity index (χ2v) is 6.75. The van der Waals surface area contributed by atoms with E-state index >= 15 is 0 Å². The van der Waals surface area contributed by atoms with E-state index in [0.717, 1.165) is 51.6 Å². The highest BCUT2D eigenvalue weighted by molar-refractivity contribution is 7.22. The van der Waals surface area contributed by atoms with Crippen LogP contribution >= 0.6 is 11.3 Å². The molecule has 5 heterocycles. The first-order chi connectivity index (χ1) is 10.2. The lowest BCUT2D eigenvalue weighted by atomic mass is 10.2. The molecule has 7 heteroatoms. The van der Waals surface area contributed by atoms with Crippen LogP contribution in [0.2, 0.25) is 0 Å². The number of nitrogens with zero attached hydrogens (tertiary/aromatic N) is 3. The van der Waals surface area contributed by atoms with E-state index in [0.29, 0.717) is 0 Å². The van der Waals surface area contributed by atoms with Crippen molar-refractivity contribution in [2.45, 2.75) is 25.4 Å². The zero-order valence-electron chi connectivity index (χ0n) is 11.4. The number of hydrogen-bond acceptors (Lipinski definition) is 5. The molecule has 1 spiro atoms. The summed E-state index contributed by atoms with van der Waals surface area (Å²) in [5.41, 5.74) is 2.67. The zero-order valence-corrected chi connectivity index (χ0v) is 12.3. The minimum atomic E-state index is -0.262.